The fourth-order valence-electron chi connectivity index (χ4n) is 3.55. The molecule has 0 radical (unpaired) electrons. The smallest absolute Gasteiger partial charge is 0.0970 e. The zero-order valence-corrected chi connectivity index (χ0v) is 15.4. The topological polar surface area (TPSA) is 34.0 Å². The molecule has 126 valence electrons. The molecule has 0 saturated heterocycles. The minimum Gasteiger partial charge on any atom is -0.303 e. The normalized spacial score (nSPS) is 20.7. The van der Waals surface area contributed by atoms with Crippen LogP contribution in [0, 0.1) is 0 Å². The quantitative estimate of drug-likeness (QED) is 0.695. The lowest BCUT2D eigenvalue weighted by Gasteiger charge is -2.40. The molecule has 0 spiro atoms. The Hall–Kier alpha value is -1.72. The van der Waals surface area contributed by atoms with Crippen molar-refractivity contribution in [1.29, 1.82) is 0 Å². The monoisotopic (exact) mass is 340 g/mol. The van der Waals surface area contributed by atoms with E-state index < -0.39 is 0 Å². The molecule has 0 amide bonds. The van der Waals surface area contributed by atoms with Crippen molar-refractivity contribution in [1.82, 2.24) is 19.7 Å². The van der Waals surface area contributed by atoms with Crippen LogP contribution in [0.1, 0.15) is 37.1 Å². The van der Waals surface area contributed by atoms with Gasteiger partial charge in [0.25, 0.3) is 0 Å². The molecule has 4 rings (SSSR count). The molecule has 1 aliphatic carbocycles. The van der Waals surface area contributed by atoms with Gasteiger partial charge in [-0.25, -0.2) is 4.98 Å². The summed E-state index contributed by atoms with van der Waals surface area (Å²) in [7, 11) is 4.21. The number of rotatable bonds is 5. The molecule has 3 aromatic rings. The van der Waals surface area contributed by atoms with Crippen molar-refractivity contribution >= 4 is 21.6 Å². The number of hydrogen-bond acceptors (Lipinski definition) is 4. The number of thiazole rings is 1. The molecule has 1 fully saturated rings. The average Bonchev–Trinajstić information content (AvgIpc) is 3.11. The van der Waals surface area contributed by atoms with Crippen molar-refractivity contribution in [3.63, 3.8) is 0 Å². The molecule has 1 aromatic carbocycles. The zero-order valence-electron chi connectivity index (χ0n) is 14.6. The number of aryl methyl sites for hydroxylation is 1. The van der Waals surface area contributed by atoms with Gasteiger partial charge >= 0.3 is 0 Å². The first-order valence-electron chi connectivity index (χ1n) is 8.73. The van der Waals surface area contributed by atoms with Crippen LogP contribution in [-0.4, -0.2) is 39.3 Å². The molecule has 24 heavy (non-hydrogen) atoms. The van der Waals surface area contributed by atoms with Crippen LogP contribution in [0.25, 0.3) is 21.3 Å². The molecule has 0 atom stereocenters. The predicted molar refractivity (Wildman–Crippen MR) is 101 cm³/mol. The average molecular weight is 340 g/mol. The fraction of sp³-hybridized carbons (Fsp3) is 0.474. The third-order valence-corrected chi connectivity index (χ3v) is 6.29. The number of aromatic nitrogens is 3. The first-order valence-corrected chi connectivity index (χ1v) is 9.55. The van der Waals surface area contributed by atoms with Crippen molar-refractivity contribution in [3.8, 4) is 11.1 Å². The maximum absolute atomic E-state index is 4.89. The Bertz CT molecular complexity index is 844. The fourth-order valence-corrected chi connectivity index (χ4v) is 4.68. The molecule has 0 bridgehead atoms. The lowest BCUT2D eigenvalue weighted by Crippen LogP contribution is -2.41. The van der Waals surface area contributed by atoms with Crippen LogP contribution in [0.4, 0.5) is 0 Å². The summed E-state index contributed by atoms with van der Waals surface area (Å²) in [5, 5.41) is 5.58. The summed E-state index contributed by atoms with van der Waals surface area (Å²) < 4.78 is 3.13. The van der Waals surface area contributed by atoms with Crippen LogP contribution in [-0.2, 0) is 7.05 Å². The van der Waals surface area contributed by atoms with Gasteiger partial charge in [-0.1, -0.05) is 13.0 Å². The maximum Gasteiger partial charge on any atom is 0.0970 e. The third kappa shape index (κ3) is 2.87. The van der Waals surface area contributed by atoms with E-state index >= 15 is 0 Å². The molecule has 0 N–H and O–H groups in total. The SMILES string of the molecule is CCCN(C)[C@H]1C[C@H](c2nc3ccc(-c4cnn(C)c4)cc3s2)C1. The van der Waals surface area contributed by atoms with E-state index in [1.54, 1.807) is 0 Å². The highest BCUT2D eigenvalue weighted by molar-refractivity contribution is 7.18. The predicted octanol–water partition coefficient (Wildman–Crippen LogP) is 4.28. The molecule has 1 aliphatic rings. The first-order chi connectivity index (χ1) is 11.6. The van der Waals surface area contributed by atoms with Crippen LogP contribution in [0.2, 0.25) is 0 Å². The summed E-state index contributed by atoms with van der Waals surface area (Å²) in [6, 6.07) is 7.30. The number of nitrogens with zero attached hydrogens (tertiary/aromatic N) is 4. The summed E-state index contributed by atoms with van der Waals surface area (Å²) in [6.45, 7) is 3.45. The van der Waals surface area contributed by atoms with E-state index in [1.165, 1.54) is 46.6 Å². The van der Waals surface area contributed by atoms with Crippen LogP contribution in [0.3, 0.4) is 0 Å². The Morgan fingerprint density at radius 3 is 2.83 bits per heavy atom. The molecular weight excluding hydrogens is 316 g/mol. The zero-order chi connectivity index (χ0) is 16.7. The van der Waals surface area contributed by atoms with E-state index in [9.17, 15) is 0 Å². The number of hydrogen-bond donors (Lipinski definition) is 0. The lowest BCUT2D eigenvalue weighted by molar-refractivity contribution is 0.137. The van der Waals surface area contributed by atoms with Gasteiger partial charge < -0.3 is 4.90 Å². The lowest BCUT2D eigenvalue weighted by atomic mass is 9.80. The molecule has 1 saturated carbocycles. The maximum atomic E-state index is 4.89. The van der Waals surface area contributed by atoms with Gasteiger partial charge in [-0.2, -0.15) is 5.10 Å². The van der Waals surface area contributed by atoms with Gasteiger partial charge in [-0.3, -0.25) is 4.68 Å². The van der Waals surface area contributed by atoms with E-state index in [4.69, 9.17) is 4.98 Å². The highest BCUT2D eigenvalue weighted by Crippen LogP contribution is 2.42. The summed E-state index contributed by atoms with van der Waals surface area (Å²) >= 11 is 1.87. The van der Waals surface area contributed by atoms with E-state index in [0.29, 0.717) is 5.92 Å². The number of fused-ring (bicyclic) bond motifs is 1. The van der Waals surface area contributed by atoms with Crippen LogP contribution in [0.5, 0.6) is 0 Å². The Morgan fingerprint density at radius 1 is 1.29 bits per heavy atom. The number of benzene rings is 1. The van der Waals surface area contributed by atoms with Crippen LogP contribution in [0.15, 0.2) is 30.6 Å². The Labute approximate surface area is 147 Å². The van der Waals surface area contributed by atoms with Crippen molar-refractivity contribution in [2.24, 2.45) is 7.05 Å². The van der Waals surface area contributed by atoms with Gasteiger partial charge in [0.15, 0.2) is 0 Å². The Morgan fingerprint density at radius 2 is 2.12 bits per heavy atom. The van der Waals surface area contributed by atoms with Crippen molar-refractivity contribution in [2.45, 2.75) is 38.1 Å². The minimum absolute atomic E-state index is 0.647. The first kappa shape index (κ1) is 15.8. The van der Waals surface area contributed by atoms with Gasteiger partial charge in [0.2, 0.25) is 0 Å². The van der Waals surface area contributed by atoms with Crippen molar-refractivity contribution in [2.75, 3.05) is 13.6 Å². The second-order valence-electron chi connectivity index (χ2n) is 6.94. The third-order valence-electron chi connectivity index (χ3n) is 5.11. The van der Waals surface area contributed by atoms with E-state index in [2.05, 4.69) is 48.4 Å². The molecule has 0 aliphatic heterocycles. The van der Waals surface area contributed by atoms with E-state index in [0.717, 1.165) is 11.6 Å². The summed E-state index contributed by atoms with van der Waals surface area (Å²) in [5.74, 6) is 0.647. The standard InChI is InChI=1S/C19H24N4S/c1-4-7-22(2)16-8-14(9-16)19-21-17-6-5-13(10-18(17)24-19)15-11-20-23(3)12-15/h5-6,10-12,14,16H,4,7-9H2,1-3H3/t14-,16-. The Kier molecular flexibility index (Phi) is 4.14. The summed E-state index contributed by atoms with van der Waals surface area (Å²) in [4.78, 5) is 7.40. The second-order valence-corrected chi connectivity index (χ2v) is 8.00. The van der Waals surface area contributed by atoms with Gasteiger partial charge in [0, 0.05) is 30.8 Å². The molecule has 2 heterocycles. The van der Waals surface area contributed by atoms with Gasteiger partial charge in [0.05, 0.1) is 21.4 Å². The highest BCUT2D eigenvalue weighted by atomic mass is 32.1. The molecular formula is C19H24N4S. The van der Waals surface area contributed by atoms with Gasteiger partial charge in [-0.05, 0) is 50.6 Å². The minimum atomic E-state index is 0.647. The molecule has 5 heteroatoms. The van der Waals surface area contributed by atoms with Crippen LogP contribution >= 0.6 is 11.3 Å². The largest absolute Gasteiger partial charge is 0.303 e. The van der Waals surface area contributed by atoms with Crippen LogP contribution < -0.4 is 0 Å². The van der Waals surface area contributed by atoms with E-state index in [1.807, 2.05) is 29.3 Å². The van der Waals surface area contributed by atoms with Crippen molar-refractivity contribution in [3.05, 3.63) is 35.6 Å². The highest BCUT2D eigenvalue weighted by Gasteiger charge is 2.34. The molecule has 2 aromatic heterocycles. The van der Waals surface area contributed by atoms with Gasteiger partial charge in [0.1, 0.15) is 0 Å². The van der Waals surface area contributed by atoms with Crippen molar-refractivity contribution < 1.29 is 0 Å². The molecule has 4 nitrogen and oxygen atoms in total. The second kappa shape index (κ2) is 6.30. The van der Waals surface area contributed by atoms with E-state index in [-0.39, 0.29) is 0 Å². The Balaban J connectivity index is 1.52. The summed E-state index contributed by atoms with van der Waals surface area (Å²) in [5.41, 5.74) is 3.52. The van der Waals surface area contributed by atoms with Gasteiger partial charge in [-0.15, -0.1) is 11.3 Å². The summed E-state index contributed by atoms with van der Waals surface area (Å²) in [6.07, 6.45) is 7.72. The molecule has 0 unspecified atom stereocenters.